The first kappa shape index (κ1) is 23.8. The van der Waals surface area contributed by atoms with Gasteiger partial charge in [-0.15, -0.1) is 0 Å². The van der Waals surface area contributed by atoms with E-state index in [1.165, 1.54) is 0 Å². The van der Waals surface area contributed by atoms with Crippen molar-refractivity contribution in [2.24, 2.45) is 5.41 Å². The summed E-state index contributed by atoms with van der Waals surface area (Å²) in [4.78, 5) is 12.3. The lowest BCUT2D eigenvalue weighted by molar-refractivity contribution is 0.235. The Hall–Kier alpha value is -2.88. The van der Waals surface area contributed by atoms with Gasteiger partial charge in [-0.25, -0.2) is 4.79 Å². The maximum atomic E-state index is 12.3. The molecule has 0 saturated heterocycles. The van der Waals surface area contributed by atoms with Crippen LogP contribution in [0.25, 0.3) is 0 Å². The maximum Gasteiger partial charge on any atom is 0.319 e. The van der Waals surface area contributed by atoms with Crippen LogP contribution in [-0.4, -0.2) is 12.6 Å². The highest BCUT2D eigenvalue weighted by atomic mass is 35.5. The third-order valence-corrected chi connectivity index (χ3v) is 5.53. The average Bonchev–Trinajstić information content (AvgIpc) is 2.72. The highest BCUT2D eigenvalue weighted by Gasteiger charge is 2.34. The Kier molecular flexibility index (Phi) is 7.22. The number of amides is 2. The number of hydrogen-bond acceptors (Lipinski definition) is 4. The van der Waals surface area contributed by atoms with Gasteiger partial charge in [-0.1, -0.05) is 56.1 Å². The molecule has 168 valence electrons. The Balaban J connectivity index is 1.94. The number of allylic oxidation sites excluding steroid dienone is 1. The zero-order valence-electron chi connectivity index (χ0n) is 18.4. The number of rotatable bonds is 6. The number of halogens is 2. The fourth-order valence-electron chi connectivity index (χ4n) is 3.41. The van der Waals surface area contributed by atoms with E-state index in [0.29, 0.717) is 39.4 Å². The molecule has 1 aliphatic heterocycles. The summed E-state index contributed by atoms with van der Waals surface area (Å²) in [6.45, 7) is 8.38. The highest BCUT2D eigenvalue weighted by Crippen LogP contribution is 2.38. The van der Waals surface area contributed by atoms with E-state index >= 15 is 0 Å². The lowest BCUT2D eigenvalue weighted by Gasteiger charge is -2.33. The van der Waals surface area contributed by atoms with E-state index < -0.39 is 11.5 Å². The fourth-order valence-corrected chi connectivity index (χ4v) is 3.88. The van der Waals surface area contributed by atoms with Crippen molar-refractivity contribution in [3.63, 3.8) is 0 Å². The molecule has 2 aromatic carbocycles. The summed E-state index contributed by atoms with van der Waals surface area (Å²) < 4.78 is 11.7. The van der Waals surface area contributed by atoms with Crippen molar-refractivity contribution < 1.29 is 14.3 Å². The molecule has 1 aliphatic rings. The number of carbonyl (C=O) groups excluding carboxylic acids is 1. The Bertz CT molecular complexity index is 1100. The third-order valence-electron chi connectivity index (χ3n) is 4.94. The average molecular weight is 474 g/mol. The zero-order valence-corrected chi connectivity index (χ0v) is 19.9. The van der Waals surface area contributed by atoms with Crippen LogP contribution in [0.4, 0.5) is 4.79 Å². The second-order valence-corrected chi connectivity index (χ2v) is 9.19. The molecule has 1 atom stereocenters. The molecule has 3 rings (SSSR count). The first-order valence-corrected chi connectivity index (χ1v) is 10.9. The van der Waals surface area contributed by atoms with Crippen molar-refractivity contribution in [1.82, 2.24) is 10.6 Å². The van der Waals surface area contributed by atoms with E-state index in [1.807, 2.05) is 39.8 Å². The number of benzene rings is 2. The van der Waals surface area contributed by atoms with Crippen molar-refractivity contribution in [1.29, 1.82) is 5.26 Å². The molecule has 1 heterocycles. The van der Waals surface area contributed by atoms with E-state index in [9.17, 15) is 10.1 Å². The van der Waals surface area contributed by atoms with E-state index in [1.54, 1.807) is 24.3 Å². The van der Waals surface area contributed by atoms with Crippen LogP contribution in [0.5, 0.6) is 11.5 Å². The van der Waals surface area contributed by atoms with Crippen LogP contribution in [0.15, 0.2) is 47.7 Å². The van der Waals surface area contributed by atoms with E-state index in [-0.39, 0.29) is 12.6 Å². The number of nitriles is 1. The Morgan fingerprint density at radius 1 is 1.09 bits per heavy atom. The summed E-state index contributed by atoms with van der Waals surface area (Å²) in [5, 5.41) is 16.5. The van der Waals surface area contributed by atoms with Gasteiger partial charge >= 0.3 is 6.03 Å². The summed E-state index contributed by atoms with van der Waals surface area (Å²) >= 11 is 12.2. The Morgan fingerprint density at radius 3 is 2.47 bits per heavy atom. The van der Waals surface area contributed by atoms with Gasteiger partial charge in [0.2, 0.25) is 0 Å². The predicted molar refractivity (Wildman–Crippen MR) is 125 cm³/mol. The minimum absolute atomic E-state index is 0.233. The summed E-state index contributed by atoms with van der Waals surface area (Å²) in [5.41, 5.74) is 2.17. The monoisotopic (exact) mass is 473 g/mol. The van der Waals surface area contributed by atoms with Gasteiger partial charge < -0.3 is 20.1 Å². The molecule has 0 bridgehead atoms. The van der Waals surface area contributed by atoms with Gasteiger partial charge in [0.25, 0.3) is 0 Å². The predicted octanol–water partition coefficient (Wildman–Crippen LogP) is 6.15. The first-order valence-electron chi connectivity index (χ1n) is 10.2. The van der Waals surface area contributed by atoms with Crippen LogP contribution >= 0.6 is 23.2 Å². The lowest BCUT2D eigenvalue weighted by Crippen LogP contribution is -2.46. The number of carbonyl (C=O) groups is 1. The van der Waals surface area contributed by atoms with Crippen LogP contribution in [0, 0.1) is 16.7 Å². The SMILES string of the molecule is CCOc1cc([C@H]2NC(=O)NC(C(C)(C)C)=C2C#N)ccc1OCc1ccc(Cl)cc1Cl. The second kappa shape index (κ2) is 9.72. The minimum atomic E-state index is -0.595. The largest absolute Gasteiger partial charge is 0.490 e. The molecule has 0 aliphatic carbocycles. The molecule has 8 heteroatoms. The topological polar surface area (TPSA) is 83.4 Å². The fraction of sp³-hybridized carbons (Fsp3) is 0.333. The summed E-state index contributed by atoms with van der Waals surface area (Å²) in [6, 6.07) is 11.9. The maximum absolute atomic E-state index is 12.3. The second-order valence-electron chi connectivity index (χ2n) is 8.35. The van der Waals surface area contributed by atoms with Gasteiger partial charge in [0.05, 0.1) is 24.3 Å². The molecule has 2 N–H and O–H groups in total. The number of ether oxygens (including phenoxy) is 2. The Morgan fingerprint density at radius 2 is 1.84 bits per heavy atom. The standard InChI is InChI=1S/C24H25Cl2N3O3/c1-5-31-20-10-14(21-17(12-27)22(24(2,3)4)29-23(30)28-21)7-9-19(20)32-13-15-6-8-16(25)11-18(15)26/h6-11,21H,5,13H2,1-4H3,(H2,28,29,30)/t21-/m1/s1. The highest BCUT2D eigenvalue weighted by molar-refractivity contribution is 6.35. The molecule has 6 nitrogen and oxygen atoms in total. The smallest absolute Gasteiger partial charge is 0.319 e. The lowest BCUT2D eigenvalue weighted by atomic mass is 9.84. The summed E-state index contributed by atoms with van der Waals surface area (Å²) in [6.07, 6.45) is 0. The van der Waals surface area contributed by atoms with Gasteiger partial charge in [0.15, 0.2) is 11.5 Å². The van der Waals surface area contributed by atoms with Gasteiger partial charge in [0, 0.05) is 26.7 Å². The molecule has 0 radical (unpaired) electrons. The Labute approximate surface area is 198 Å². The molecule has 0 unspecified atom stereocenters. The number of urea groups is 1. The molecule has 0 saturated carbocycles. The summed E-state index contributed by atoms with van der Waals surface area (Å²) in [5.74, 6) is 1.04. The van der Waals surface area contributed by atoms with Crippen LogP contribution in [0.3, 0.4) is 0 Å². The van der Waals surface area contributed by atoms with Gasteiger partial charge in [0.1, 0.15) is 6.61 Å². The molecular weight excluding hydrogens is 449 g/mol. The molecule has 2 aromatic rings. The molecule has 0 spiro atoms. The van der Waals surface area contributed by atoms with Crippen LogP contribution < -0.4 is 20.1 Å². The quantitative estimate of drug-likeness (QED) is 0.526. The van der Waals surface area contributed by atoms with E-state index in [0.717, 1.165) is 11.1 Å². The summed E-state index contributed by atoms with van der Waals surface area (Å²) in [7, 11) is 0. The van der Waals surface area contributed by atoms with Crippen molar-refractivity contribution in [3.05, 3.63) is 68.8 Å². The molecule has 0 aromatic heterocycles. The number of nitrogens with zero attached hydrogens (tertiary/aromatic N) is 1. The van der Waals surface area contributed by atoms with E-state index in [2.05, 4.69) is 16.7 Å². The van der Waals surface area contributed by atoms with Crippen molar-refractivity contribution >= 4 is 29.2 Å². The van der Waals surface area contributed by atoms with Crippen molar-refractivity contribution in [2.75, 3.05) is 6.61 Å². The van der Waals surface area contributed by atoms with Crippen LogP contribution in [0.2, 0.25) is 10.0 Å². The van der Waals surface area contributed by atoms with Crippen molar-refractivity contribution in [2.45, 2.75) is 40.3 Å². The molecule has 0 fully saturated rings. The van der Waals surface area contributed by atoms with Gasteiger partial charge in [-0.05, 0) is 36.8 Å². The van der Waals surface area contributed by atoms with Gasteiger partial charge in [-0.2, -0.15) is 5.26 Å². The normalized spacial score (nSPS) is 16.2. The van der Waals surface area contributed by atoms with Crippen molar-refractivity contribution in [3.8, 4) is 17.6 Å². The van der Waals surface area contributed by atoms with Gasteiger partial charge in [-0.3, -0.25) is 0 Å². The number of hydrogen-bond donors (Lipinski definition) is 2. The number of nitrogens with one attached hydrogen (secondary N) is 2. The molecule has 32 heavy (non-hydrogen) atoms. The van der Waals surface area contributed by atoms with Crippen LogP contribution in [0.1, 0.15) is 44.9 Å². The third kappa shape index (κ3) is 5.29. The zero-order chi connectivity index (χ0) is 23.5. The van der Waals surface area contributed by atoms with E-state index in [4.69, 9.17) is 32.7 Å². The first-order chi connectivity index (χ1) is 15.1. The molecule has 2 amide bonds. The molecular formula is C24H25Cl2N3O3. The van der Waals surface area contributed by atoms with Crippen LogP contribution in [-0.2, 0) is 6.61 Å². The minimum Gasteiger partial charge on any atom is -0.490 e.